The largest absolute Gasteiger partial charge is 0.495 e. The Hall–Kier alpha value is -2.81. The van der Waals surface area contributed by atoms with Crippen LogP contribution in [0.5, 0.6) is 5.75 Å². The predicted octanol–water partition coefficient (Wildman–Crippen LogP) is 2.43. The molecule has 2 fully saturated rings. The van der Waals surface area contributed by atoms with Crippen LogP contribution in [0.4, 0.5) is 5.69 Å². The highest BCUT2D eigenvalue weighted by molar-refractivity contribution is 6.31. The fraction of sp³-hybridized carbons (Fsp3) is 0.565. The van der Waals surface area contributed by atoms with Gasteiger partial charge in [-0.1, -0.05) is 11.6 Å². The summed E-state index contributed by atoms with van der Waals surface area (Å²) >= 11 is 6.07. The maximum atomic E-state index is 12.7. The zero-order chi connectivity index (χ0) is 24.1. The minimum Gasteiger partial charge on any atom is -0.495 e. The van der Waals surface area contributed by atoms with Gasteiger partial charge in [-0.25, -0.2) is 0 Å². The molecule has 1 aromatic rings. The van der Waals surface area contributed by atoms with Gasteiger partial charge in [-0.15, -0.1) is 0 Å². The van der Waals surface area contributed by atoms with Gasteiger partial charge >= 0.3 is 11.9 Å². The van der Waals surface area contributed by atoms with Crippen LogP contribution in [0, 0.1) is 11.8 Å². The van der Waals surface area contributed by atoms with Crippen molar-refractivity contribution in [2.45, 2.75) is 39.2 Å². The molecule has 180 valence electrons. The van der Waals surface area contributed by atoms with Crippen LogP contribution in [-0.4, -0.2) is 68.1 Å². The number of benzene rings is 1. The third-order valence-electron chi connectivity index (χ3n) is 5.96. The van der Waals surface area contributed by atoms with Gasteiger partial charge in [0.15, 0.2) is 6.10 Å². The van der Waals surface area contributed by atoms with Crippen LogP contribution in [0.15, 0.2) is 18.2 Å². The highest BCUT2D eigenvalue weighted by Crippen LogP contribution is 2.35. The van der Waals surface area contributed by atoms with E-state index in [1.165, 1.54) is 18.9 Å². The molecule has 3 rings (SSSR count). The molecule has 33 heavy (non-hydrogen) atoms. The average molecular weight is 481 g/mol. The third kappa shape index (κ3) is 5.76. The molecule has 2 saturated heterocycles. The van der Waals surface area contributed by atoms with E-state index >= 15 is 0 Å². The van der Waals surface area contributed by atoms with Gasteiger partial charge in [0.25, 0.3) is 5.91 Å². The summed E-state index contributed by atoms with van der Waals surface area (Å²) in [6.45, 7) is 4.51. The Labute approximate surface area is 197 Å². The molecule has 2 amide bonds. The van der Waals surface area contributed by atoms with Gasteiger partial charge in [0.05, 0.1) is 31.2 Å². The van der Waals surface area contributed by atoms with E-state index in [1.807, 2.05) is 0 Å². The van der Waals surface area contributed by atoms with Crippen molar-refractivity contribution in [1.29, 1.82) is 0 Å². The molecule has 10 heteroatoms. The maximum Gasteiger partial charge on any atom is 0.312 e. The molecule has 9 nitrogen and oxygen atoms in total. The summed E-state index contributed by atoms with van der Waals surface area (Å²) in [5.74, 6) is -1.86. The van der Waals surface area contributed by atoms with Crippen LogP contribution in [0.25, 0.3) is 0 Å². The van der Waals surface area contributed by atoms with Gasteiger partial charge in [-0.2, -0.15) is 0 Å². The molecular weight excluding hydrogens is 452 g/mol. The van der Waals surface area contributed by atoms with Crippen molar-refractivity contribution < 1.29 is 33.4 Å². The lowest BCUT2D eigenvalue weighted by Crippen LogP contribution is -2.46. The highest BCUT2D eigenvalue weighted by atomic mass is 35.5. The number of anilines is 1. The number of likely N-dealkylation sites (tertiary alicyclic amines) is 1. The molecule has 2 aliphatic heterocycles. The number of carbonyl (C=O) groups is 4. The first-order valence-electron chi connectivity index (χ1n) is 11.0. The number of amides is 2. The van der Waals surface area contributed by atoms with Gasteiger partial charge < -0.3 is 24.0 Å². The normalized spacial score (nSPS) is 19.9. The number of ether oxygens (including phenoxy) is 3. The molecule has 0 unspecified atom stereocenters. The van der Waals surface area contributed by atoms with E-state index in [0.29, 0.717) is 49.0 Å². The average Bonchev–Trinajstić information content (AvgIpc) is 3.20. The Morgan fingerprint density at radius 2 is 1.85 bits per heavy atom. The zero-order valence-corrected chi connectivity index (χ0v) is 19.8. The summed E-state index contributed by atoms with van der Waals surface area (Å²) < 4.78 is 15.8. The number of hydrogen-bond donors (Lipinski definition) is 0. The fourth-order valence-corrected chi connectivity index (χ4v) is 4.31. The summed E-state index contributed by atoms with van der Waals surface area (Å²) in [5.41, 5.74) is 0.485. The SMILES string of the molecule is CCOC(=O)C1CCN(C(=O)[C@H](C)OC(=O)[C@@H]2CC(=O)N(c3cc(Cl)ccc3OC)C2)CC1. The second kappa shape index (κ2) is 10.9. The first-order valence-corrected chi connectivity index (χ1v) is 11.4. The number of hydrogen-bond acceptors (Lipinski definition) is 7. The van der Waals surface area contributed by atoms with Crippen LogP contribution >= 0.6 is 11.6 Å². The van der Waals surface area contributed by atoms with Crippen LogP contribution < -0.4 is 9.64 Å². The highest BCUT2D eigenvalue weighted by Gasteiger charge is 2.39. The smallest absolute Gasteiger partial charge is 0.312 e. The molecule has 2 atom stereocenters. The van der Waals surface area contributed by atoms with Crippen molar-refractivity contribution in [3.8, 4) is 5.75 Å². The Kier molecular flexibility index (Phi) is 8.18. The quantitative estimate of drug-likeness (QED) is 0.552. The first kappa shape index (κ1) is 24.8. The van der Waals surface area contributed by atoms with E-state index in [2.05, 4.69) is 0 Å². The Morgan fingerprint density at radius 1 is 1.15 bits per heavy atom. The third-order valence-corrected chi connectivity index (χ3v) is 6.19. The minimum atomic E-state index is -0.985. The maximum absolute atomic E-state index is 12.7. The van der Waals surface area contributed by atoms with Gasteiger partial charge in [0.1, 0.15) is 5.75 Å². The lowest BCUT2D eigenvalue weighted by Gasteiger charge is -2.32. The summed E-state index contributed by atoms with van der Waals surface area (Å²) in [6.07, 6.45) is 0.0132. The molecule has 0 radical (unpaired) electrons. The van der Waals surface area contributed by atoms with Gasteiger partial charge in [-0.05, 0) is 44.9 Å². The fourth-order valence-electron chi connectivity index (χ4n) is 4.15. The second-order valence-electron chi connectivity index (χ2n) is 8.15. The Bertz CT molecular complexity index is 914. The number of rotatable bonds is 7. The van der Waals surface area contributed by atoms with E-state index < -0.39 is 18.0 Å². The van der Waals surface area contributed by atoms with E-state index in [1.54, 1.807) is 30.0 Å². The summed E-state index contributed by atoms with van der Waals surface area (Å²) in [4.78, 5) is 52.9. The monoisotopic (exact) mass is 480 g/mol. The van der Waals surface area contributed by atoms with Crippen molar-refractivity contribution in [1.82, 2.24) is 4.90 Å². The number of carbonyl (C=O) groups excluding carboxylic acids is 4. The lowest BCUT2D eigenvalue weighted by atomic mass is 9.96. The van der Waals surface area contributed by atoms with Crippen molar-refractivity contribution in [2.24, 2.45) is 11.8 Å². The number of nitrogens with zero attached hydrogens (tertiary/aromatic N) is 2. The van der Waals surface area contributed by atoms with Crippen LogP contribution in [0.2, 0.25) is 5.02 Å². The summed E-state index contributed by atoms with van der Waals surface area (Å²) in [5, 5.41) is 0.440. The predicted molar refractivity (Wildman–Crippen MR) is 120 cm³/mol. The molecule has 0 saturated carbocycles. The van der Waals surface area contributed by atoms with Crippen molar-refractivity contribution in [2.75, 3.05) is 38.3 Å². The number of piperidine rings is 1. The van der Waals surface area contributed by atoms with E-state index in [0.717, 1.165) is 0 Å². The number of methoxy groups -OCH3 is 1. The van der Waals surface area contributed by atoms with Crippen molar-refractivity contribution in [3.05, 3.63) is 23.2 Å². The number of halogens is 1. The topological polar surface area (TPSA) is 102 Å². The summed E-state index contributed by atoms with van der Waals surface area (Å²) in [6, 6.07) is 4.92. The molecule has 0 aliphatic carbocycles. The van der Waals surface area contributed by atoms with Crippen LogP contribution in [0.3, 0.4) is 0 Å². The molecular formula is C23H29ClN2O7. The Balaban J connectivity index is 1.55. The molecule has 0 bridgehead atoms. The van der Waals surface area contributed by atoms with Crippen LogP contribution in [-0.2, 0) is 28.7 Å². The molecule has 0 spiro atoms. The van der Waals surface area contributed by atoms with E-state index in [4.69, 9.17) is 25.8 Å². The van der Waals surface area contributed by atoms with Gasteiger partial charge in [0.2, 0.25) is 5.91 Å². The van der Waals surface area contributed by atoms with Gasteiger partial charge in [0, 0.05) is 31.1 Å². The molecule has 0 aromatic heterocycles. The molecule has 2 aliphatic rings. The molecule has 1 aromatic carbocycles. The minimum absolute atomic E-state index is 0.0274. The van der Waals surface area contributed by atoms with Gasteiger partial charge in [-0.3, -0.25) is 19.2 Å². The summed E-state index contributed by atoms with van der Waals surface area (Å²) in [7, 11) is 1.49. The standard InChI is InChI=1S/C23H29ClN2O7/c1-4-32-22(29)15-7-9-25(10-8-15)21(28)14(2)33-23(30)16-11-20(27)26(13-16)18-12-17(24)5-6-19(18)31-3/h5-6,12,14-16H,4,7-11,13H2,1-3H3/t14-,16+/m0/s1. The lowest BCUT2D eigenvalue weighted by molar-refractivity contribution is -0.163. The first-order chi connectivity index (χ1) is 15.7. The van der Waals surface area contributed by atoms with E-state index in [9.17, 15) is 19.2 Å². The van der Waals surface area contributed by atoms with Crippen molar-refractivity contribution >= 4 is 41.0 Å². The van der Waals surface area contributed by atoms with Crippen LogP contribution in [0.1, 0.15) is 33.1 Å². The van der Waals surface area contributed by atoms with E-state index in [-0.39, 0.29) is 36.7 Å². The second-order valence-corrected chi connectivity index (χ2v) is 8.59. The zero-order valence-electron chi connectivity index (χ0n) is 19.0. The number of esters is 2. The Morgan fingerprint density at radius 3 is 2.48 bits per heavy atom. The molecule has 0 N–H and O–H groups in total. The molecule has 2 heterocycles. The van der Waals surface area contributed by atoms with Crippen molar-refractivity contribution in [3.63, 3.8) is 0 Å².